The average molecular weight is 368 g/mol. The van der Waals surface area contributed by atoms with Gasteiger partial charge in [-0.3, -0.25) is 0 Å². The van der Waals surface area contributed by atoms with Crippen molar-refractivity contribution in [2.75, 3.05) is 0 Å². The van der Waals surface area contributed by atoms with Crippen molar-refractivity contribution in [2.45, 2.75) is 77.6 Å². The van der Waals surface area contributed by atoms with E-state index < -0.39 is 5.83 Å². The first-order valence-corrected chi connectivity index (χ1v) is 10.7. The summed E-state index contributed by atoms with van der Waals surface area (Å²) in [5, 5.41) is 8.35. The van der Waals surface area contributed by atoms with Crippen molar-refractivity contribution < 1.29 is 4.39 Å². The number of allylic oxidation sites excluding steroid dienone is 4. The van der Waals surface area contributed by atoms with Crippen LogP contribution < -0.4 is 0 Å². The Bertz CT molecular complexity index is 627. The number of unbranched alkanes of at least 4 members (excludes halogenated alkanes) is 1. The van der Waals surface area contributed by atoms with Crippen molar-refractivity contribution in [3.8, 4) is 6.07 Å². The van der Waals surface area contributed by atoms with E-state index in [-0.39, 0.29) is 0 Å². The summed E-state index contributed by atoms with van der Waals surface area (Å²) in [6.07, 6.45) is 18.7. The summed E-state index contributed by atoms with van der Waals surface area (Å²) >= 11 is 0. The lowest BCUT2D eigenvalue weighted by Gasteiger charge is -2.28. The summed E-state index contributed by atoms with van der Waals surface area (Å²) in [6.45, 7) is 2.25. The molecule has 1 nitrogen and oxygen atoms in total. The third kappa shape index (κ3) is 8.57. The third-order valence-electron chi connectivity index (χ3n) is 5.88. The molecule has 2 rings (SSSR count). The highest BCUT2D eigenvalue weighted by atomic mass is 19.1. The highest BCUT2D eigenvalue weighted by molar-refractivity contribution is 5.22. The number of benzene rings is 1. The van der Waals surface area contributed by atoms with Crippen LogP contribution in [0.1, 0.15) is 75.8 Å². The maximum absolute atomic E-state index is 12.7. The fraction of sp³-hybridized carbons (Fsp3) is 0.560. The summed E-state index contributed by atoms with van der Waals surface area (Å²) in [6, 6.07) is 10.8. The number of nitriles is 1. The molecule has 0 radical (unpaired) electrons. The molecule has 0 aliphatic heterocycles. The van der Waals surface area contributed by atoms with Crippen LogP contribution in [0.2, 0.25) is 0 Å². The summed E-state index contributed by atoms with van der Waals surface area (Å²) < 4.78 is 12.7. The summed E-state index contributed by atoms with van der Waals surface area (Å²) in [4.78, 5) is 0. The van der Waals surface area contributed by atoms with E-state index in [9.17, 15) is 4.39 Å². The Labute approximate surface area is 165 Å². The molecule has 0 bridgehead atoms. The fourth-order valence-electron chi connectivity index (χ4n) is 4.05. The summed E-state index contributed by atoms with van der Waals surface area (Å²) in [5.41, 5.74) is 2.96. The van der Waals surface area contributed by atoms with E-state index in [0.29, 0.717) is 0 Å². The minimum absolute atomic E-state index is 0.720. The van der Waals surface area contributed by atoms with Gasteiger partial charge in [-0.25, -0.2) is 0 Å². The highest BCUT2D eigenvalue weighted by Gasteiger charge is 2.20. The lowest BCUT2D eigenvalue weighted by Crippen LogP contribution is -2.15. The zero-order valence-electron chi connectivity index (χ0n) is 16.8. The van der Waals surface area contributed by atoms with Crippen LogP contribution >= 0.6 is 0 Å². The molecular formula is C25H34FN. The van der Waals surface area contributed by atoms with E-state index in [2.05, 4.69) is 31.2 Å². The predicted molar refractivity (Wildman–Crippen MR) is 112 cm³/mol. The molecule has 1 aromatic rings. The van der Waals surface area contributed by atoms with Gasteiger partial charge in [0.05, 0.1) is 0 Å². The number of hydrogen-bond acceptors (Lipinski definition) is 1. The Hall–Kier alpha value is -1.88. The van der Waals surface area contributed by atoms with Gasteiger partial charge in [-0.05, 0) is 67.6 Å². The van der Waals surface area contributed by atoms with Crippen LogP contribution in [0.4, 0.5) is 4.39 Å². The van der Waals surface area contributed by atoms with Crippen molar-refractivity contribution in [2.24, 2.45) is 11.8 Å². The first-order valence-electron chi connectivity index (χ1n) is 10.7. The monoisotopic (exact) mass is 367 g/mol. The van der Waals surface area contributed by atoms with E-state index in [1.807, 2.05) is 6.08 Å². The van der Waals surface area contributed by atoms with E-state index >= 15 is 0 Å². The SMILES string of the molecule is CCCCc1ccc(CC[C@H]2CC[C@H](CCC=CC=C(F)C#N)CC2)cc1. The average Bonchev–Trinajstić information content (AvgIpc) is 2.72. The molecule has 0 saturated heterocycles. The Morgan fingerprint density at radius 1 is 1.04 bits per heavy atom. The van der Waals surface area contributed by atoms with Crippen molar-refractivity contribution in [3.63, 3.8) is 0 Å². The van der Waals surface area contributed by atoms with Crippen molar-refractivity contribution in [3.05, 3.63) is 59.4 Å². The van der Waals surface area contributed by atoms with E-state index in [1.165, 1.54) is 87.5 Å². The quantitative estimate of drug-likeness (QED) is 0.310. The molecule has 0 N–H and O–H groups in total. The minimum atomic E-state index is -0.720. The van der Waals surface area contributed by atoms with Gasteiger partial charge in [0.15, 0.2) is 5.83 Å². The molecule has 1 aromatic carbocycles. The van der Waals surface area contributed by atoms with Gasteiger partial charge in [-0.1, -0.05) is 75.4 Å². The molecule has 146 valence electrons. The minimum Gasteiger partial charge on any atom is -0.195 e. The largest absolute Gasteiger partial charge is 0.199 e. The molecule has 0 amide bonds. The van der Waals surface area contributed by atoms with Gasteiger partial charge in [0.25, 0.3) is 0 Å². The van der Waals surface area contributed by atoms with Crippen LogP contribution in [0.25, 0.3) is 0 Å². The van der Waals surface area contributed by atoms with Gasteiger partial charge in [0.2, 0.25) is 0 Å². The van der Waals surface area contributed by atoms with Crippen LogP contribution in [0, 0.1) is 23.2 Å². The number of nitrogens with zero attached hydrogens (tertiary/aromatic N) is 1. The zero-order chi connectivity index (χ0) is 19.3. The molecule has 1 saturated carbocycles. The molecule has 0 atom stereocenters. The molecule has 1 fully saturated rings. The van der Waals surface area contributed by atoms with Crippen molar-refractivity contribution >= 4 is 0 Å². The normalized spacial score (nSPS) is 20.7. The van der Waals surface area contributed by atoms with Crippen LogP contribution in [-0.2, 0) is 12.8 Å². The van der Waals surface area contributed by atoms with E-state index in [4.69, 9.17) is 5.26 Å². The maximum atomic E-state index is 12.7. The van der Waals surface area contributed by atoms with E-state index in [0.717, 1.165) is 18.3 Å². The second-order valence-corrected chi connectivity index (χ2v) is 7.98. The molecule has 0 heterocycles. The first-order chi connectivity index (χ1) is 13.2. The predicted octanol–water partition coefficient (Wildman–Crippen LogP) is 7.48. The molecular weight excluding hydrogens is 333 g/mol. The fourth-order valence-corrected chi connectivity index (χ4v) is 4.05. The maximum Gasteiger partial charge on any atom is 0.199 e. The van der Waals surface area contributed by atoms with Crippen LogP contribution in [-0.4, -0.2) is 0 Å². The first kappa shape index (κ1) is 21.4. The smallest absolute Gasteiger partial charge is 0.195 e. The van der Waals surface area contributed by atoms with Crippen LogP contribution in [0.3, 0.4) is 0 Å². The second-order valence-electron chi connectivity index (χ2n) is 7.98. The number of aryl methyl sites for hydroxylation is 2. The Kier molecular flexibility index (Phi) is 9.91. The summed E-state index contributed by atoms with van der Waals surface area (Å²) in [5.74, 6) is 0.972. The van der Waals surface area contributed by atoms with Crippen LogP contribution in [0.5, 0.6) is 0 Å². The molecule has 27 heavy (non-hydrogen) atoms. The third-order valence-corrected chi connectivity index (χ3v) is 5.88. The van der Waals surface area contributed by atoms with Gasteiger partial charge >= 0.3 is 0 Å². The van der Waals surface area contributed by atoms with Gasteiger partial charge in [0.1, 0.15) is 6.07 Å². The summed E-state index contributed by atoms with van der Waals surface area (Å²) in [7, 11) is 0. The van der Waals surface area contributed by atoms with Gasteiger partial charge in [-0.15, -0.1) is 0 Å². The Morgan fingerprint density at radius 3 is 2.22 bits per heavy atom. The van der Waals surface area contributed by atoms with Crippen LogP contribution in [0.15, 0.2) is 48.3 Å². The lowest BCUT2D eigenvalue weighted by atomic mass is 9.78. The molecule has 1 aliphatic carbocycles. The Morgan fingerprint density at radius 2 is 1.63 bits per heavy atom. The topological polar surface area (TPSA) is 23.8 Å². The number of halogens is 1. The van der Waals surface area contributed by atoms with Crippen molar-refractivity contribution in [1.29, 1.82) is 5.26 Å². The molecule has 0 aromatic heterocycles. The molecule has 0 unspecified atom stereocenters. The number of rotatable bonds is 10. The molecule has 1 aliphatic rings. The highest BCUT2D eigenvalue weighted by Crippen LogP contribution is 2.34. The van der Waals surface area contributed by atoms with E-state index in [1.54, 1.807) is 6.08 Å². The van der Waals surface area contributed by atoms with Gasteiger partial charge < -0.3 is 0 Å². The van der Waals surface area contributed by atoms with Crippen molar-refractivity contribution in [1.82, 2.24) is 0 Å². The second kappa shape index (κ2) is 12.5. The Balaban J connectivity index is 1.61. The standard InChI is InChI=1S/C25H34FN/c1-2-3-7-21-10-14-23(15-11-21)18-19-24-16-12-22(13-17-24)8-5-4-6-9-25(26)20-27/h4,6,9-11,14-15,22,24H,2-3,5,7-8,12-13,16-19H2,1H3/t22-,24-. The lowest BCUT2D eigenvalue weighted by molar-refractivity contribution is 0.254. The number of hydrogen-bond donors (Lipinski definition) is 0. The molecule has 0 spiro atoms. The van der Waals surface area contributed by atoms with Gasteiger partial charge in [0, 0.05) is 0 Å². The zero-order valence-corrected chi connectivity index (χ0v) is 16.8. The van der Waals surface area contributed by atoms with Gasteiger partial charge in [-0.2, -0.15) is 9.65 Å². The molecule has 2 heteroatoms.